The third kappa shape index (κ3) is 4.02. The van der Waals surface area contributed by atoms with Gasteiger partial charge in [0.25, 0.3) is 11.8 Å². The average Bonchev–Trinajstić information content (AvgIpc) is 3.36. The number of methoxy groups -OCH3 is 1. The number of carbonyl (C=O) groups excluding carboxylic acids is 2. The summed E-state index contributed by atoms with van der Waals surface area (Å²) in [5.74, 6) is 0.169. The van der Waals surface area contributed by atoms with E-state index >= 15 is 0 Å². The number of carbonyl (C=O) groups is 2. The SMILES string of the molecule is CCOc1ccc(NC2=C(c3cccs3)C(=O)N(c3cc(Cl)ccc3OC)C2=O)cc1. The summed E-state index contributed by atoms with van der Waals surface area (Å²) in [6.07, 6.45) is 0. The van der Waals surface area contributed by atoms with Gasteiger partial charge in [-0.05, 0) is 60.8 Å². The number of ether oxygens (including phenoxy) is 2. The van der Waals surface area contributed by atoms with Gasteiger partial charge in [0.15, 0.2) is 0 Å². The Labute approximate surface area is 188 Å². The molecule has 0 fully saturated rings. The number of imide groups is 1. The van der Waals surface area contributed by atoms with Crippen LogP contribution in [-0.4, -0.2) is 25.5 Å². The molecule has 1 aliphatic rings. The topological polar surface area (TPSA) is 67.9 Å². The van der Waals surface area contributed by atoms with Crippen LogP contribution in [-0.2, 0) is 9.59 Å². The minimum atomic E-state index is -0.483. The lowest BCUT2D eigenvalue weighted by molar-refractivity contribution is -0.120. The van der Waals surface area contributed by atoms with Crippen molar-refractivity contribution in [2.75, 3.05) is 23.9 Å². The Kier molecular flexibility index (Phi) is 5.97. The molecule has 3 aromatic rings. The minimum absolute atomic E-state index is 0.193. The molecule has 158 valence electrons. The van der Waals surface area contributed by atoms with Crippen molar-refractivity contribution >= 4 is 51.7 Å². The number of benzene rings is 2. The number of halogens is 1. The van der Waals surface area contributed by atoms with Crippen LogP contribution in [0.4, 0.5) is 11.4 Å². The predicted octanol–water partition coefficient (Wildman–Crippen LogP) is 5.21. The van der Waals surface area contributed by atoms with Crippen LogP contribution in [0.2, 0.25) is 5.02 Å². The number of rotatable bonds is 7. The fourth-order valence-corrected chi connectivity index (χ4v) is 4.23. The number of thiophene rings is 1. The van der Waals surface area contributed by atoms with Gasteiger partial charge in [-0.3, -0.25) is 9.59 Å². The normalized spacial score (nSPS) is 13.7. The molecule has 2 heterocycles. The molecule has 0 spiro atoms. The summed E-state index contributed by atoms with van der Waals surface area (Å²) >= 11 is 7.53. The van der Waals surface area contributed by atoms with Crippen LogP contribution in [0.25, 0.3) is 5.57 Å². The first-order valence-corrected chi connectivity index (χ1v) is 10.8. The maximum Gasteiger partial charge on any atom is 0.282 e. The van der Waals surface area contributed by atoms with Gasteiger partial charge in [0.2, 0.25) is 0 Å². The highest BCUT2D eigenvalue weighted by molar-refractivity contribution is 7.11. The van der Waals surface area contributed by atoms with Crippen LogP contribution in [0.3, 0.4) is 0 Å². The second-order valence-corrected chi connectivity index (χ2v) is 7.96. The number of anilines is 2. The lowest BCUT2D eigenvalue weighted by atomic mass is 10.2. The van der Waals surface area contributed by atoms with Crippen molar-refractivity contribution in [3.63, 3.8) is 0 Å². The number of nitrogens with zero attached hydrogens (tertiary/aromatic N) is 1. The summed E-state index contributed by atoms with van der Waals surface area (Å²) in [5.41, 5.74) is 1.45. The smallest absolute Gasteiger partial charge is 0.282 e. The molecule has 31 heavy (non-hydrogen) atoms. The van der Waals surface area contributed by atoms with E-state index in [0.29, 0.717) is 39.2 Å². The molecule has 0 bridgehead atoms. The standard InChI is InChI=1S/C23H19ClN2O4S/c1-3-30-16-9-7-15(8-10-16)25-21-20(19-5-4-12-31-19)22(27)26(23(21)28)17-13-14(24)6-11-18(17)29-2/h4-13,25H,3H2,1-2H3. The Morgan fingerprint density at radius 3 is 2.48 bits per heavy atom. The molecule has 1 aromatic heterocycles. The van der Waals surface area contributed by atoms with Crippen molar-refractivity contribution in [1.82, 2.24) is 0 Å². The molecule has 0 atom stereocenters. The fraction of sp³-hybridized carbons (Fsp3) is 0.130. The number of hydrogen-bond donors (Lipinski definition) is 1. The lowest BCUT2D eigenvalue weighted by Crippen LogP contribution is -2.32. The van der Waals surface area contributed by atoms with Gasteiger partial charge in [-0.25, -0.2) is 4.90 Å². The van der Waals surface area contributed by atoms with Crippen LogP contribution in [0.1, 0.15) is 11.8 Å². The van der Waals surface area contributed by atoms with Gasteiger partial charge >= 0.3 is 0 Å². The van der Waals surface area contributed by atoms with Gasteiger partial charge in [-0.15, -0.1) is 11.3 Å². The summed E-state index contributed by atoms with van der Waals surface area (Å²) in [7, 11) is 1.48. The van der Waals surface area contributed by atoms with E-state index in [2.05, 4.69) is 5.32 Å². The third-order valence-electron chi connectivity index (χ3n) is 4.67. The average molecular weight is 455 g/mol. The zero-order valence-electron chi connectivity index (χ0n) is 16.8. The highest BCUT2D eigenvalue weighted by Crippen LogP contribution is 2.40. The molecule has 6 nitrogen and oxygen atoms in total. The van der Waals surface area contributed by atoms with E-state index in [0.717, 1.165) is 10.6 Å². The summed E-state index contributed by atoms with van der Waals surface area (Å²) < 4.78 is 10.8. The maximum atomic E-state index is 13.4. The van der Waals surface area contributed by atoms with Crippen LogP contribution in [0, 0.1) is 0 Å². The molecule has 1 aliphatic heterocycles. The van der Waals surface area contributed by atoms with Gasteiger partial charge in [-0.2, -0.15) is 0 Å². The number of hydrogen-bond acceptors (Lipinski definition) is 6. The van der Waals surface area contributed by atoms with Gasteiger partial charge < -0.3 is 14.8 Å². The molecule has 0 saturated heterocycles. The summed E-state index contributed by atoms with van der Waals surface area (Å²) in [4.78, 5) is 28.7. The fourth-order valence-electron chi connectivity index (χ4n) is 3.30. The Morgan fingerprint density at radius 1 is 1.06 bits per heavy atom. The van der Waals surface area contributed by atoms with E-state index in [9.17, 15) is 9.59 Å². The molecule has 4 rings (SSSR count). The third-order valence-corrected chi connectivity index (χ3v) is 5.79. The lowest BCUT2D eigenvalue weighted by Gasteiger charge is -2.18. The van der Waals surface area contributed by atoms with E-state index < -0.39 is 11.8 Å². The molecule has 8 heteroatoms. The number of amides is 2. The molecule has 1 N–H and O–H groups in total. The molecular weight excluding hydrogens is 436 g/mol. The van der Waals surface area contributed by atoms with Gasteiger partial charge in [0.1, 0.15) is 17.2 Å². The molecule has 0 aliphatic carbocycles. The first-order valence-electron chi connectivity index (χ1n) is 9.53. The second kappa shape index (κ2) is 8.83. The molecular formula is C23H19ClN2O4S. The Bertz CT molecular complexity index is 1160. The van der Waals surface area contributed by atoms with Crippen molar-refractivity contribution in [2.45, 2.75) is 6.92 Å². The molecule has 2 aromatic carbocycles. The van der Waals surface area contributed by atoms with E-state index in [-0.39, 0.29) is 5.70 Å². The number of nitrogens with one attached hydrogen (secondary N) is 1. The van der Waals surface area contributed by atoms with Crippen molar-refractivity contribution in [2.24, 2.45) is 0 Å². The summed E-state index contributed by atoms with van der Waals surface area (Å²) in [6, 6.07) is 15.7. The first-order chi connectivity index (χ1) is 15.0. The Hall–Kier alpha value is -3.29. The molecule has 2 amide bonds. The second-order valence-electron chi connectivity index (χ2n) is 6.57. The van der Waals surface area contributed by atoms with E-state index in [1.807, 2.05) is 24.4 Å². The van der Waals surface area contributed by atoms with Gasteiger partial charge in [0.05, 0.1) is 25.0 Å². The van der Waals surface area contributed by atoms with E-state index in [1.54, 1.807) is 42.5 Å². The first kappa shape index (κ1) is 21.0. The zero-order valence-corrected chi connectivity index (χ0v) is 18.4. The maximum absolute atomic E-state index is 13.4. The van der Waals surface area contributed by atoms with Crippen molar-refractivity contribution in [3.05, 3.63) is 75.6 Å². The zero-order chi connectivity index (χ0) is 22.0. The Morgan fingerprint density at radius 2 is 1.84 bits per heavy atom. The van der Waals surface area contributed by atoms with Crippen LogP contribution < -0.4 is 19.7 Å². The largest absolute Gasteiger partial charge is 0.495 e. The molecule has 0 radical (unpaired) electrons. The van der Waals surface area contributed by atoms with Crippen molar-refractivity contribution < 1.29 is 19.1 Å². The van der Waals surface area contributed by atoms with Crippen LogP contribution in [0.5, 0.6) is 11.5 Å². The van der Waals surface area contributed by atoms with Crippen LogP contribution in [0.15, 0.2) is 65.7 Å². The quantitative estimate of drug-likeness (QED) is 0.496. The minimum Gasteiger partial charge on any atom is -0.495 e. The molecule has 0 saturated carbocycles. The van der Waals surface area contributed by atoms with Crippen molar-refractivity contribution in [1.29, 1.82) is 0 Å². The summed E-state index contributed by atoms with van der Waals surface area (Å²) in [6.45, 7) is 2.47. The van der Waals surface area contributed by atoms with Crippen molar-refractivity contribution in [3.8, 4) is 11.5 Å². The van der Waals surface area contributed by atoms with Gasteiger partial charge in [0, 0.05) is 15.6 Å². The Balaban J connectivity index is 1.76. The highest BCUT2D eigenvalue weighted by atomic mass is 35.5. The summed E-state index contributed by atoms with van der Waals surface area (Å²) in [5, 5.41) is 5.37. The predicted molar refractivity (Wildman–Crippen MR) is 123 cm³/mol. The highest BCUT2D eigenvalue weighted by Gasteiger charge is 2.42. The van der Waals surface area contributed by atoms with Gasteiger partial charge in [-0.1, -0.05) is 17.7 Å². The van der Waals surface area contributed by atoms with E-state index in [1.165, 1.54) is 18.4 Å². The monoisotopic (exact) mass is 454 g/mol. The molecule has 0 unspecified atom stereocenters. The van der Waals surface area contributed by atoms with Crippen LogP contribution >= 0.6 is 22.9 Å². The van der Waals surface area contributed by atoms with E-state index in [4.69, 9.17) is 21.1 Å².